The smallest absolute Gasteiger partial charge is 0.260 e. The van der Waals surface area contributed by atoms with Gasteiger partial charge in [-0.1, -0.05) is 83.4 Å². The molecule has 0 bridgehead atoms. The monoisotopic (exact) mass is 841 g/mol. The van der Waals surface area contributed by atoms with Crippen LogP contribution in [0.25, 0.3) is 0 Å². The van der Waals surface area contributed by atoms with Crippen molar-refractivity contribution in [2.75, 3.05) is 24.5 Å². The van der Waals surface area contributed by atoms with E-state index in [1.807, 2.05) is 12.1 Å². The Labute approximate surface area is 355 Å². The molecule has 11 nitrogen and oxygen atoms in total. The first-order valence-corrected chi connectivity index (χ1v) is 20.1. The highest BCUT2D eigenvalue weighted by Crippen LogP contribution is 2.66. The summed E-state index contributed by atoms with van der Waals surface area (Å²) in [6, 6.07) is 31.5. The molecule has 2 aliphatic heterocycles. The van der Waals surface area contributed by atoms with E-state index in [1.165, 1.54) is 31.3 Å². The Kier molecular flexibility index (Phi) is 9.76. The van der Waals surface area contributed by atoms with Gasteiger partial charge in [-0.3, -0.25) is 34.3 Å². The Hall–Kier alpha value is -6.43. The number of allylic oxidation sites excluding steroid dienone is 2. The summed E-state index contributed by atoms with van der Waals surface area (Å²) in [6.07, 6.45) is 2.06. The number of methoxy groups -OCH3 is 2. The maximum atomic E-state index is 15.6. The maximum absolute atomic E-state index is 15.6. The molecule has 4 amide bonds. The molecular formula is C47H37Cl2N3O8. The summed E-state index contributed by atoms with van der Waals surface area (Å²) in [4.78, 5) is 74.2. The van der Waals surface area contributed by atoms with Crippen molar-refractivity contribution >= 4 is 64.0 Å². The van der Waals surface area contributed by atoms with Gasteiger partial charge in [-0.25, -0.2) is 0 Å². The van der Waals surface area contributed by atoms with Crippen molar-refractivity contribution in [2.24, 2.45) is 23.7 Å². The van der Waals surface area contributed by atoms with Crippen molar-refractivity contribution in [3.05, 3.63) is 159 Å². The molecule has 302 valence electrons. The Morgan fingerprint density at radius 1 is 0.783 bits per heavy atom. The number of halogens is 2. The van der Waals surface area contributed by atoms with E-state index in [9.17, 15) is 19.5 Å². The van der Waals surface area contributed by atoms with E-state index < -0.39 is 58.6 Å². The number of benzene rings is 5. The predicted octanol–water partition coefficient (Wildman–Crippen LogP) is 8.14. The van der Waals surface area contributed by atoms with E-state index in [0.29, 0.717) is 38.7 Å². The highest BCUT2D eigenvalue weighted by atomic mass is 35.5. The zero-order valence-corrected chi connectivity index (χ0v) is 33.8. The van der Waals surface area contributed by atoms with Crippen molar-refractivity contribution < 1.29 is 38.6 Å². The van der Waals surface area contributed by atoms with Gasteiger partial charge >= 0.3 is 0 Å². The second-order valence-corrected chi connectivity index (χ2v) is 16.2. The summed E-state index contributed by atoms with van der Waals surface area (Å²) >= 11 is 12.8. The number of nitrogens with one attached hydrogen (secondary N) is 1. The van der Waals surface area contributed by atoms with Gasteiger partial charge in [-0.05, 0) is 91.1 Å². The molecule has 5 aromatic carbocycles. The Bertz CT molecular complexity index is 2630. The average molecular weight is 843 g/mol. The lowest BCUT2D eigenvalue weighted by Crippen LogP contribution is -2.53. The van der Waals surface area contributed by atoms with Crippen molar-refractivity contribution in [1.82, 2.24) is 5.01 Å². The summed E-state index contributed by atoms with van der Waals surface area (Å²) < 4.78 is 11.4. The highest BCUT2D eigenvalue weighted by Gasteiger charge is 2.71. The molecule has 2 aliphatic carbocycles. The number of aromatic hydroxyl groups is 1. The zero-order chi connectivity index (χ0) is 42.0. The summed E-state index contributed by atoms with van der Waals surface area (Å²) in [6.45, 7) is 0. The summed E-state index contributed by atoms with van der Waals surface area (Å²) in [5.41, 5.74) is 4.09. The first-order valence-electron chi connectivity index (χ1n) is 19.4. The lowest BCUT2D eigenvalue weighted by Gasteiger charge is -2.50. The van der Waals surface area contributed by atoms with Crippen LogP contribution >= 0.6 is 23.2 Å². The van der Waals surface area contributed by atoms with Gasteiger partial charge in [-0.15, -0.1) is 0 Å². The normalized spacial score (nSPS) is 24.4. The second kappa shape index (κ2) is 15.0. The molecule has 0 radical (unpaired) electrons. The molecular weight excluding hydrogens is 805 g/mol. The van der Waals surface area contributed by atoms with E-state index in [0.717, 1.165) is 5.01 Å². The van der Waals surface area contributed by atoms with Gasteiger partial charge in [0.2, 0.25) is 11.8 Å². The van der Waals surface area contributed by atoms with E-state index in [-0.39, 0.29) is 46.4 Å². The van der Waals surface area contributed by atoms with E-state index in [1.54, 1.807) is 97.1 Å². The number of hydrogen-bond acceptors (Lipinski definition) is 9. The number of phenolic OH excluding ortho intramolecular Hbond substituents is 1. The largest absolute Gasteiger partial charge is 0.508 e. The third-order valence-electron chi connectivity index (χ3n) is 12.6. The number of amides is 4. The van der Waals surface area contributed by atoms with Crippen molar-refractivity contribution in [3.8, 4) is 17.2 Å². The first kappa shape index (κ1) is 39.1. The predicted molar refractivity (Wildman–Crippen MR) is 224 cm³/mol. The molecule has 2 heterocycles. The van der Waals surface area contributed by atoms with Crippen LogP contribution in [0.15, 0.2) is 127 Å². The Morgan fingerprint density at radius 3 is 2.18 bits per heavy atom. The number of rotatable bonds is 9. The second-order valence-electron chi connectivity index (χ2n) is 15.4. The lowest BCUT2D eigenvalue weighted by molar-refractivity contribution is -0.138. The molecule has 9 rings (SSSR count). The van der Waals surface area contributed by atoms with Crippen molar-refractivity contribution in [3.63, 3.8) is 0 Å². The molecule has 0 spiro atoms. The number of nitrogens with zero attached hydrogens (tertiary/aromatic N) is 2. The SMILES string of the molecule is COc1ccc([C@@]23C(=O)N(Nc4ccc(Cl)cc4Cl)C(=O)[C@@H]2C[C@@H]2C(=CC[C@@H]4C(=O)N(c5ccc(C(=O)c6ccccc6)cc5)C(=O)[C@@H]42)[C@@H]3c2c(O)cccc2OC)cc1. The molecule has 3 fully saturated rings. The third kappa shape index (κ3) is 5.90. The number of hydrogen-bond donors (Lipinski definition) is 2. The molecule has 0 aromatic heterocycles. The lowest BCUT2D eigenvalue weighted by atomic mass is 9.49. The first-order chi connectivity index (χ1) is 29.0. The average Bonchev–Trinajstić information content (AvgIpc) is 3.65. The summed E-state index contributed by atoms with van der Waals surface area (Å²) in [5, 5.41) is 13.3. The van der Waals surface area contributed by atoms with Crippen LogP contribution in [0.1, 0.15) is 45.8 Å². The van der Waals surface area contributed by atoms with Gasteiger partial charge in [-0.2, -0.15) is 5.01 Å². The molecule has 13 heteroatoms. The van der Waals surface area contributed by atoms with Crippen LogP contribution < -0.4 is 19.8 Å². The quantitative estimate of drug-likeness (QED) is 0.0855. The van der Waals surface area contributed by atoms with Crippen LogP contribution in [-0.4, -0.2) is 53.7 Å². The number of hydrazine groups is 1. The molecule has 5 aromatic rings. The van der Waals surface area contributed by atoms with Crippen LogP contribution in [0.5, 0.6) is 17.2 Å². The van der Waals surface area contributed by atoms with E-state index >= 15 is 9.59 Å². The van der Waals surface area contributed by atoms with Crippen LogP contribution in [0.2, 0.25) is 10.0 Å². The molecule has 60 heavy (non-hydrogen) atoms. The number of imide groups is 2. The number of phenols is 1. The fraction of sp³-hybridized carbons (Fsp3) is 0.213. The molecule has 1 saturated carbocycles. The van der Waals surface area contributed by atoms with Gasteiger partial charge in [0, 0.05) is 27.6 Å². The number of fused-ring (bicyclic) bond motifs is 4. The van der Waals surface area contributed by atoms with Crippen LogP contribution in [-0.2, 0) is 24.6 Å². The summed E-state index contributed by atoms with van der Waals surface area (Å²) in [5.74, 6) is -6.24. The Morgan fingerprint density at radius 2 is 1.50 bits per heavy atom. The van der Waals surface area contributed by atoms with Crippen LogP contribution in [0.3, 0.4) is 0 Å². The highest BCUT2D eigenvalue weighted by molar-refractivity contribution is 6.36. The number of ether oxygens (including phenoxy) is 2. The van der Waals surface area contributed by atoms with E-state index in [4.69, 9.17) is 32.7 Å². The third-order valence-corrected chi connectivity index (χ3v) is 13.1. The van der Waals surface area contributed by atoms with Gasteiger partial charge in [0.1, 0.15) is 17.2 Å². The molecule has 2 saturated heterocycles. The zero-order valence-electron chi connectivity index (χ0n) is 32.3. The fourth-order valence-corrected chi connectivity index (χ4v) is 10.4. The number of carbonyl (C=O) groups excluding carboxylic acids is 5. The van der Waals surface area contributed by atoms with Crippen LogP contribution in [0.4, 0.5) is 11.4 Å². The minimum Gasteiger partial charge on any atom is -0.508 e. The number of ketones is 1. The Balaban J connectivity index is 1.18. The molecule has 0 unspecified atom stereocenters. The van der Waals surface area contributed by atoms with Crippen molar-refractivity contribution in [1.29, 1.82) is 0 Å². The van der Waals surface area contributed by atoms with Gasteiger partial charge in [0.15, 0.2) is 5.78 Å². The van der Waals surface area contributed by atoms with Gasteiger partial charge in [0.05, 0.1) is 53.8 Å². The summed E-state index contributed by atoms with van der Waals surface area (Å²) in [7, 11) is 2.98. The van der Waals surface area contributed by atoms with Gasteiger partial charge in [0.25, 0.3) is 11.8 Å². The van der Waals surface area contributed by atoms with Crippen LogP contribution in [0, 0.1) is 23.7 Å². The molecule has 6 atom stereocenters. The topological polar surface area (TPSA) is 143 Å². The number of carbonyl (C=O) groups is 5. The standard InChI is InChI=1S/C47H37Cl2N3O8/c1-59-30-18-13-27(14-19-30)47-34(44(56)52(46(47)58)50-36-22-15-28(48)23-35(36)49)24-33-31(41(47)40-37(53)9-6-10-38(40)60-2)20-21-32-39(33)45(57)51(43(32)55)29-16-11-26(12-17-29)42(54)25-7-4-3-5-8-25/h3-20,22-23,32-34,39,41,50,53H,21,24H2,1-2H3/t32-,33+,34-,39-,41+,47+/m0/s1. The fourth-order valence-electron chi connectivity index (χ4n) is 9.93. The van der Waals surface area contributed by atoms with Gasteiger partial charge < -0.3 is 14.6 Å². The minimum absolute atomic E-state index is 0.0138. The van der Waals surface area contributed by atoms with Crippen molar-refractivity contribution in [2.45, 2.75) is 24.2 Å². The maximum Gasteiger partial charge on any atom is 0.260 e. The molecule has 2 N–H and O–H groups in total. The molecule has 4 aliphatic rings. The number of anilines is 2. The van der Waals surface area contributed by atoms with E-state index in [2.05, 4.69) is 5.43 Å². The minimum atomic E-state index is -1.71.